The first kappa shape index (κ1) is 21.9. The minimum atomic E-state index is -4.20. The van der Waals surface area contributed by atoms with Crippen LogP contribution in [0.2, 0.25) is 5.02 Å². The Hall–Kier alpha value is -2.81. The average Bonchev–Trinajstić information content (AvgIpc) is 2.68. The van der Waals surface area contributed by atoms with Crippen LogP contribution >= 0.6 is 11.6 Å². The molecule has 160 valence electrons. The number of halogens is 4. The summed E-state index contributed by atoms with van der Waals surface area (Å²) in [6.07, 6.45) is -3.62. The van der Waals surface area contributed by atoms with Crippen LogP contribution in [0.1, 0.15) is 36.0 Å². The van der Waals surface area contributed by atoms with Crippen LogP contribution in [0, 0.1) is 5.92 Å². The molecule has 1 aromatic heterocycles. The zero-order valence-electron chi connectivity index (χ0n) is 15.8. The van der Waals surface area contributed by atoms with E-state index in [2.05, 4.69) is 20.6 Å². The van der Waals surface area contributed by atoms with Gasteiger partial charge in [-0.2, -0.15) is 23.1 Å². The van der Waals surface area contributed by atoms with E-state index < -0.39 is 18.0 Å². The summed E-state index contributed by atoms with van der Waals surface area (Å²) in [5, 5.41) is 15.8. The zero-order chi connectivity index (χ0) is 21.7. The first-order chi connectivity index (χ1) is 14.2. The van der Waals surface area contributed by atoms with Crippen LogP contribution in [-0.2, 0) is 0 Å². The number of nitrogens with zero attached hydrogens (tertiary/aromatic N) is 2. The van der Waals surface area contributed by atoms with Crippen molar-refractivity contribution in [1.29, 1.82) is 0 Å². The molecule has 1 fully saturated rings. The van der Waals surface area contributed by atoms with Crippen molar-refractivity contribution in [3.8, 4) is 5.88 Å². The van der Waals surface area contributed by atoms with Gasteiger partial charge < -0.3 is 15.7 Å². The Morgan fingerprint density at radius 3 is 2.37 bits per heavy atom. The molecule has 0 unspecified atom stereocenters. The Morgan fingerprint density at radius 1 is 1.10 bits per heavy atom. The largest absolute Gasteiger partial charge is 0.493 e. The average molecular weight is 441 g/mol. The molecule has 0 atom stereocenters. The second-order valence-corrected chi connectivity index (χ2v) is 7.45. The van der Waals surface area contributed by atoms with Crippen LogP contribution in [0.25, 0.3) is 0 Å². The lowest BCUT2D eigenvalue weighted by molar-refractivity contribution is -0.182. The number of rotatable bonds is 3. The van der Waals surface area contributed by atoms with Crippen LogP contribution in [0.3, 0.4) is 0 Å². The summed E-state index contributed by atoms with van der Waals surface area (Å²) < 4.78 is 38.7. The number of aromatic nitrogens is 1. The standard InChI is InChI=1S/C20H20ClF3N4O2/c21-14-8-4-12(5-9-14)18(30)28-19(27-16-2-1-3-17(29)26-16)25-15-10-6-13(7-11-15)20(22,23)24/h1-5,8-9,13,15H,6-7,10-11H2,(H3,25,26,27,28,29,30). The van der Waals surface area contributed by atoms with Gasteiger partial charge in [-0.3, -0.25) is 4.79 Å². The number of amides is 1. The molecule has 10 heteroatoms. The third-order valence-electron chi connectivity index (χ3n) is 4.82. The molecule has 3 rings (SSSR count). The molecule has 1 aromatic carbocycles. The molecule has 1 amide bonds. The first-order valence-electron chi connectivity index (χ1n) is 9.35. The minimum absolute atomic E-state index is 0.00392. The van der Waals surface area contributed by atoms with Crippen LogP contribution in [0.5, 0.6) is 5.88 Å². The van der Waals surface area contributed by atoms with Crippen LogP contribution in [0.15, 0.2) is 47.5 Å². The van der Waals surface area contributed by atoms with E-state index in [1.165, 1.54) is 18.2 Å². The highest BCUT2D eigenvalue weighted by atomic mass is 35.5. The summed E-state index contributed by atoms with van der Waals surface area (Å²) >= 11 is 5.83. The number of carbonyl (C=O) groups excluding carboxylic acids is 1. The van der Waals surface area contributed by atoms with Gasteiger partial charge in [0.25, 0.3) is 5.91 Å². The normalized spacial score (nSPS) is 19.9. The predicted octanol–water partition coefficient (Wildman–Crippen LogP) is 4.76. The van der Waals surface area contributed by atoms with Crippen molar-refractivity contribution in [2.75, 3.05) is 5.32 Å². The Morgan fingerprint density at radius 2 is 1.77 bits per heavy atom. The quantitative estimate of drug-likeness (QED) is 0.473. The van der Waals surface area contributed by atoms with Gasteiger partial charge in [-0.15, -0.1) is 0 Å². The summed E-state index contributed by atoms with van der Waals surface area (Å²) in [4.78, 5) is 20.4. The molecule has 1 aliphatic rings. The molecule has 0 radical (unpaired) electrons. The Kier molecular flexibility index (Phi) is 6.81. The number of benzene rings is 1. The van der Waals surface area contributed by atoms with Crippen molar-refractivity contribution in [2.45, 2.75) is 37.9 Å². The summed E-state index contributed by atoms with van der Waals surface area (Å²) in [5.41, 5.74) is 0.296. The molecule has 2 aromatic rings. The maximum Gasteiger partial charge on any atom is 0.391 e. The third kappa shape index (κ3) is 6.09. The van der Waals surface area contributed by atoms with Gasteiger partial charge in [0.05, 0.1) is 5.92 Å². The van der Waals surface area contributed by atoms with Crippen molar-refractivity contribution in [3.63, 3.8) is 0 Å². The van der Waals surface area contributed by atoms with E-state index in [0.29, 0.717) is 10.6 Å². The van der Waals surface area contributed by atoms with Gasteiger partial charge in [-0.05, 0) is 56.0 Å². The molecule has 0 bridgehead atoms. The van der Waals surface area contributed by atoms with E-state index in [1.807, 2.05) is 0 Å². The van der Waals surface area contributed by atoms with Gasteiger partial charge in [0.1, 0.15) is 5.82 Å². The third-order valence-corrected chi connectivity index (χ3v) is 5.07. The lowest BCUT2D eigenvalue weighted by Gasteiger charge is -2.31. The predicted molar refractivity (Wildman–Crippen MR) is 108 cm³/mol. The Labute approximate surface area is 176 Å². The maximum atomic E-state index is 12.9. The number of hydrogen-bond acceptors (Lipinski definition) is 3. The molecule has 1 heterocycles. The van der Waals surface area contributed by atoms with E-state index in [0.717, 1.165) is 0 Å². The van der Waals surface area contributed by atoms with Crippen LogP contribution in [-0.4, -0.2) is 34.2 Å². The number of hydrogen-bond donors (Lipinski definition) is 3. The van der Waals surface area contributed by atoms with Gasteiger partial charge in [0.15, 0.2) is 0 Å². The van der Waals surface area contributed by atoms with E-state index >= 15 is 0 Å². The highest BCUT2D eigenvalue weighted by molar-refractivity contribution is 6.30. The number of aliphatic imine (C=N–C) groups is 1. The number of pyridine rings is 1. The number of anilines is 1. The van der Waals surface area contributed by atoms with E-state index in [-0.39, 0.29) is 49.4 Å². The molecule has 30 heavy (non-hydrogen) atoms. The Bertz CT molecular complexity index is 911. The van der Waals surface area contributed by atoms with Crippen molar-refractivity contribution in [1.82, 2.24) is 10.3 Å². The lowest BCUT2D eigenvalue weighted by Crippen LogP contribution is -2.43. The number of carbonyl (C=O) groups is 1. The fourth-order valence-electron chi connectivity index (χ4n) is 3.23. The highest BCUT2D eigenvalue weighted by Crippen LogP contribution is 2.37. The summed E-state index contributed by atoms with van der Waals surface area (Å²) in [5.74, 6) is -1.83. The molecule has 6 nitrogen and oxygen atoms in total. The van der Waals surface area contributed by atoms with Crippen molar-refractivity contribution < 1.29 is 23.1 Å². The van der Waals surface area contributed by atoms with Crippen LogP contribution < -0.4 is 10.6 Å². The fraction of sp³-hybridized carbons (Fsp3) is 0.350. The molecule has 0 aliphatic heterocycles. The van der Waals surface area contributed by atoms with E-state index in [1.54, 1.807) is 24.3 Å². The van der Waals surface area contributed by atoms with Crippen molar-refractivity contribution in [2.24, 2.45) is 10.9 Å². The van der Waals surface area contributed by atoms with Gasteiger partial charge >= 0.3 is 6.18 Å². The van der Waals surface area contributed by atoms with Gasteiger partial charge in [0.2, 0.25) is 11.8 Å². The second-order valence-electron chi connectivity index (χ2n) is 7.01. The molecule has 1 saturated carbocycles. The molecule has 0 spiro atoms. The summed E-state index contributed by atoms with van der Waals surface area (Å²) in [6.45, 7) is 0. The summed E-state index contributed by atoms with van der Waals surface area (Å²) in [7, 11) is 0. The number of alkyl halides is 3. The summed E-state index contributed by atoms with van der Waals surface area (Å²) in [6, 6.07) is 10.4. The molecular formula is C20H20ClF3N4O2. The molecule has 1 aliphatic carbocycles. The number of aromatic hydroxyl groups is 1. The van der Waals surface area contributed by atoms with E-state index in [9.17, 15) is 23.1 Å². The van der Waals surface area contributed by atoms with Crippen molar-refractivity contribution in [3.05, 3.63) is 53.1 Å². The Balaban J connectivity index is 1.75. The maximum absolute atomic E-state index is 12.9. The van der Waals surface area contributed by atoms with Gasteiger partial charge in [-0.25, -0.2) is 0 Å². The second kappa shape index (κ2) is 9.34. The van der Waals surface area contributed by atoms with Crippen LogP contribution in [0.4, 0.5) is 19.0 Å². The smallest absolute Gasteiger partial charge is 0.391 e. The number of nitrogens with one attached hydrogen (secondary N) is 2. The highest BCUT2D eigenvalue weighted by Gasteiger charge is 2.41. The molecule has 3 N–H and O–H groups in total. The number of guanidine groups is 1. The SMILES string of the molecule is O=C(/N=C(\Nc1cccc(O)n1)NC1CCC(C(F)(F)F)CC1)c1ccc(Cl)cc1. The minimum Gasteiger partial charge on any atom is -0.493 e. The lowest BCUT2D eigenvalue weighted by atomic mass is 9.85. The van der Waals surface area contributed by atoms with Gasteiger partial charge in [0, 0.05) is 22.7 Å². The zero-order valence-corrected chi connectivity index (χ0v) is 16.5. The molecule has 0 saturated heterocycles. The monoisotopic (exact) mass is 440 g/mol. The topological polar surface area (TPSA) is 86.6 Å². The fourth-order valence-corrected chi connectivity index (χ4v) is 3.35. The first-order valence-corrected chi connectivity index (χ1v) is 9.73. The van der Waals surface area contributed by atoms with Gasteiger partial charge in [-0.1, -0.05) is 17.7 Å². The molecular weight excluding hydrogens is 421 g/mol. The van der Waals surface area contributed by atoms with Crippen molar-refractivity contribution >= 4 is 29.3 Å². The van der Waals surface area contributed by atoms with E-state index in [4.69, 9.17) is 11.6 Å².